The number of ether oxygens (including phenoxy) is 1. The molecule has 1 aliphatic rings. The molecular formula is C21H22N2O2. The number of aromatic nitrogens is 1. The summed E-state index contributed by atoms with van der Waals surface area (Å²) >= 11 is 0. The first kappa shape index (κ1) is 15.9. The third-order valence-corrected chi connectivity index (χ3v) is 5.01. The second-order valence-electron chi connectivity index (χ2n) is 6.51. The number of rotatable bonds is 5. The Balaban J connectivity index is 1.62. The van der Waals surface area contributed by atoms with Crippen LogP contribution in [0.3, 0.4) is 0 Å². The van der Waals surface area contributed by atoms with Gasteiger partial charge in [-0.05, 0) is 30.0 Å². The Kier molecular flexibility index (Phi) is 4.28. The summed E-state index contributed by atoms with van der Waals surface area (Å²) in [7, 11) is 1.69. The number of nitrogens with one attached hydrogen (secondary N) is 1. The highest BCUT2D eigenvalue weighted by molar-refractivity contribution is 6.07. The smallest absolute Gasteiger partial charge is 0.253 e. The van der Waals surface area contributed by atoms with Gasteiger partial charge in [-0.25, -0.2) is 0 Å². The number of aryl methyl sites for hydroxylation is 1. The summed E-state index contributed by atoms with van der Waals surface area (Å²) < 4.78 is 7.28. The molecule has 2 aromatic carbocycles. The van der Waals surface area contributed by atoms with E-state index < -0.39 is 0 Å². The summed E-state index contributed by atoms with van der Waals surface area (Å²) in [4.78, 5) is 13.0. The maximum atomic E-state index is 13.0. The fourth-order valence-electron chi connectivity index (χ4n) is 3.75. The molecule has 0 saturated carbocycles. The van der Waals surface area contributed by atoms with Gasteiger partial charge in [0.2, 0.25) is 0 Å². The van der Waals surface area contributed by atoms with E-state index in [1.54, 1.807) is 7.11 Å². The molecular weight excluding hydrogens is 312 g/mol. The minimum Gasteiger partial charge on any atom is -0.383 e. The predicted octanol–water partition coefficient (Wildman–Crippen LogP) is 3.71. The highest BCUT2D eigenvalue weighted by Gasteiger charge is 2.25. The van der Waals surface area contributed by atoms with Crippen LogP contribution in [0.15, 0.2) is 54.7 Å². The first-order chi connectivity index (χ1) is 12.3. The molecule has 1 amide bonds. The number of carbonyl (C=O) groups is 1. The maximum absolute atomic E-state index is 13.0. The lowest BCUT2D eigenvalue weighted by molar-refractivity contribution is 0.0938. The van der Waals surface area contributed by atoms with E-state index in [9.17, 15) is 4.79 Å². The average Bonchev–Trinajstić information content (AvgIpc) is 3.22. The van der Waals surface area contributed by atoms with Crippen molar-refractivity contribution in [3.63, 3.8) is 0 Å². The maximum Gasteiger partial charge on any atom is 0.253 e. The van der Waals surface area contributed by atoms with Gasteiger partial charge in [-0.15, -0.1) is 0 Å². The minimum atomic E-state index is -0.00549. The fraction of sp³-hybridized carbons (Fsp3) is 0.286. The third-order valence-electron chi connectivity index (χ3n) is 5.01. The van der Waals surface area contributed by atoms with Gasteiger partial charge in [0.1, 0.15) is 0 Å². The Morgan fingerprint density at radius 3 is 2.88 bits per heavy atom. The zero-order valence-electron chi connectivity index (χ0n) is 14.4. The van der Waals surface area contributed by atoms with Gasteiger partial charge in [0.15, 0.2) is 0 Å². The summed E-state index contributed by atoms with van der Waals surface area (Å²) in [5, 5.41) is 4.22. The second-order valence-corrected chi connectivity index (χ2v) is 6.51. The molecule has 1 N–H and O–H groups in total. The Bertz CT molecular complexity index is 913. The molecule has 1 aromatic heterocycles. The molecule has 4 nitrogen and oxygen atoms in total. The number of amides is 1. The lowest BCUT2D eigenvalue weighted by atomic mass is 10.1. The van der Waals surface area contributed by atoms with E-state index in [0.717, 1.165) is 35.9 Å². The Morgan fingerprint density at radius 2 is 2.00 bits per heavy atom. The number of hydrogen-bond acceptors (Lipinski definition) is 2. The normalized spacial score (nSPS) is 16.1. The Labute approximate surface area is 147 Å². The van der Waals surface area contributed by atoms with E-state index >= 15 is 0 Å². The van der Waals surface area contributed by atoms with Crippen molar-refractivity contribution in [3.05, 3.63) is 71.4 Å². The van der Waals surface area contributed by atoms with E-state index in [0.29, 0.717) is 6.61 Å². The van der Waals surface area contributed by atoms with Crippen LogP contribution in [0.1, 0.15) is 33.9 Å². The minimum absolute atomic E-state index is 0.00549. The van der Waals surface area contributed by atoms with Crippen LogP contribution < -0.4 is 5.32 Å². The van der Waals surface area contributed by atoms with Crippen LogP contribution in [-0.2, 0) is 17.7 Å². The molecule has 0 radical (unpaired) electrons. The van der Waals surface area contributed by atoms with E-state index in [1.807, 2.05) is 36.5 Å². The van der Waals surface area contributed by atoms with Crippen molar-refractivity contribution in [2.24, 2.45) is 0 Å². The zero-order valence-corrected chi connectivity index (χ0v) is 14.4. The van der Waals surface area contributed by atoms with E-state index in [1.165, 1.54) is 11.1 Å². The molecule has 0 saturated heterocycles. The number of nitrogens with zero attached hydrogens (tertiary/aromatic N) is 1. The van der Waals surface area contributed by atoms with Gasteiger partial charge in [-0.1, -0.05) is 42.5 Å². The lowest BCUT2D eigenvalue weighted by Crippen LogP contribution is -2.27. The molecule has 0 spiro atoms. The van der Waals surface area contributed by atoms with Gasteiger partial charge < -0.3 is 14.6 Å². The first-order valence-corrected chi connectivity index (χ1v) is 8.73. The summed E-state index contributed by atoms with van der Waals surface area (Å²) in [6, 6.07) is 16.5. The van der Waals surface area contributed by atoms with E-state index in [2.05, 4.69) is 28.1 Å². The SMILES string of the molecule is COCCn1cc(C(=O)N[C@@H]2CCc3ccccc32)c2ccccc21. The number of methoxy groups -OCH3 is 1. The third kappa shape index (κ3) is 2.94. The van der Waals surface area contributed by atoms with E-state index in [4.69, 9.17) is 4.74 Å². The number of hydrogen-bond donors (Lipinski definition) is 1. The van der Waals surface area contributed by atoms with Crippen molar-refractivity contribution in [3.8, 4) is 0 Å². The van der Waals surface area contributed by atoms with Crippen LogP contribution in [0.5, 0.6) is 0 Å². The molecule has 0 fully saturated rings. The quantitative estimate of drug-likeness (QED) is 0.773. The van der Waals surface area contributed by atoms with Crippen molar-refractivity contribution in [2.45, 2.75) is 25.4 Å². The molecule has 128 valence electrons. The van der Waals surface area contributed by atoms with Gasteiger partial charge in [-0.2, -0.15) is 0 Å². The molecule has 0 unspecified atom stereocenters. The largest absolute Gasteiger partial charge is 0.383 e. The molecule has 0 aliphatic heterocycles. The van der Waals surface area contributed by atoms with Crippen molar-refractivity contribution in [2.75, 3.05) is 13.7 Å². The fourth-order valence-corrected chi connectivity index (χ4v) is 3.75. The van der Waals surface area contributed by atoms with Crippen molar-refractivity contribution in [1.29, 1.82) is 0 Å². The number of benzene rings is 2. The first-order valence-electron chi connectivity index (χ1n) is 8.73. The highest BCUT2D eigenvalue weighted by atomic mass is 16.5. The highest BCUT2D eigenvalue weighted by Crippen LogP contribution is 2.31. The molecule has 3 aromatic rings. The average molecular weight is 334 g/mol. The summed E-state index contributed by atoms with van der Waals surface area (Å²) in [6.45, 7) is 1.35. The number of para-hydroxylation sites is 1. The monoisotopic (exact) mass is 334 g/mol. The Morgan fingerprint density at radius 1 is 1.20 bits per heavy atom. The van der Waals surface area contributed by atoms with Crippen LogP contribution in [-0.4, -0.2) is 24.2 Å². The molecule has 1 atom stereocenters. The summed E-state index contributed by atoms with van der Waals surface area (Å²) in [5.74, 6) is -0.00549. The lowest BCUT2D eigenvalue weighted by Gasteiger charge is -2.13. The number of carbonyl (C=O) groups excluding carboxylic acids is 1. The van der Waals surface area contributed by atoms with Crippen LogP contribution in [0, 0.1) is 0 Å². The standard InChI is InChI=1S/C21H22N2O2/c1-25-13-12-23-14-18(17-8-4-5-9-20(17)23)21(24)22-19-11-10-15-6-2-3-7-16(15)19/h2-9,14,19H,10-13H2,1H3,(H,22,24)/t19-/m1/s1. The molecule has 25 heavy (non-hydrogen) atoms. The van der Waals surface area contributed by atoms with E-state index in [-0.39, 0.29) is 11.9 Å². The van der Waals surface area contributed by atoms with Crippen LogP contribution in [0.4, 0.5) is 0 Å². The zero-order chi connectivity index (χ0) is 17.2. The molecule has 0 bridgehead atoms. The molecule has 4 heteroatoms. The molecule has 1 aliphatic carbocycles. The van der Waals surface area contributed by atoms with Crippen LogP contribution >= 0.6 is 0 Å². The summed E-state index contributed by atoms with van der Waals surface area (Å²) in [5.41, 5.74) is 4.39. The van der Waals surface area contributed by atoms with Gasteiger partial charge in [0, 0.05) is 30.8 Å². The molecule has 1 heterocycles. The molecule has 4 rings (SSSR count). The predicted molar refractivity (Wildman–Crippen MR) is 98.8 cm³/mol. The van der Waals surface area contributed by atoms with Crippen molar-refractivity contribution in [1.82, 2.24) is 9.88 Å². The second kappa shape index (κ2) is 6.73. The van der Waals surface area contributed by atoms with Crippen molar-refractivity contribution >= 4 is 16.8 Å². The summed E-state index contributed by atoms with van der Waals surface area (Å²) in [6.07, 6.45) is 3.93. The van der Waals surface area contributed by atoms with Gasteiger partial charge in [0.25, 0.3) is 5.91 Å². The Hall–Kier alpha value is -2.59. The van der Waals surface area contributed by atoms with Gasteiger partial charge in [0.05, 0.1) is 18.2 Å². The topological polar surface area (TPSA) is 43.3 Å². The van der Waals surface area contributed by atoms with Gasteiger partial charge in [-0.3, -0.25) is 4.79 Å². The van der Waals surface area contributed by atoms with Crippen LogP contribution in [0.2, 0.25) is 0 Å². The van der Waals surface area contributed by atoms with Crippen LogP contribution in [0.25, 0.3) is 10.9 Å². The van der Waals surface area contributed by atoms with Gasteiger partial charge >= 0.3 is 0 Å². The number of fused-ring (bicyclic) bond motifs is 2. The van der Waals surface area contributed by atoms with Crippen molar-refractivity contribution < 1.29 is 9.53 Å².